The largest absolute Gasteiger partial charge is 0.481 e. The third-order valence-corrected chi connectivity index (χ3v) is 2.46. The highest BCUT2D eigenvalue weighted by Crippen LogP contribution is 2.13. The standard InChI is InChI=1S/C12H11ClN4O2/c1-7-5-10(19-2)16-12(15-7)17-11(18)8-3-4-14-9(13)6-8/h3-6H,1-2H3,(H,15,16,17,18). The predicted octanol–water partition coefficient (Wildman–Crippen LogP) is 2.09. The summed E-state index contributed by atoms with van der Waals surface area (Å²) in [5, 5.41) is 2.82. The van der Waals surface area contributed by atoms with Crippen LogP contribution in [0.15, 0.2) is 24.4 Å². The lowest BCUT2D eigenvalue weighted by Crippen LogP contribution is -2.15. The molecule has 2 aromatic rings. The van der Waals surface area contributed by atoms with Gasteiger partial charge >= 0.3 is 0 Å². The SMILES string of the molecule is COc1cc(C)nc(NC(=O)c2ccnc(Cl)c2)n1. The number of anilines is 1. The van der Waals surface area contributed by atoms with Gasteiger partial charge in [-0.2, -0.15) is 4.98 Å². The Hall–Kier alpha value is -2.21. The zero-order chi connectivity index (χ0) is 13.8. The number of hydrogen-bond acceptors (Lipinski definition) is 5. The second kappa shape index (κ2) is 5.62. The second-order valence-corrected chi connectivity index (χ2v) is 4.08. The molecule has 0 atom stereocenters. The first-order valence-corrected chi connectivity index (χ1v) is 5.79. The number of aromatic nitrogens is 3. The Kier molecular flexibility index (Phi) is 3.91. The summed E-state index contributed by atoms with van der Waals surface area (Å²) in [6.07, 6.45) is 1.45. The van der Waals surface area contributed by atoms with Gasteiger partial charge < -0.3 is 4.74 Å². The summed E-state index contributed by atoms with van der Waals surface area (Å²) in [5.74, 6) is 0.197. The van der Waals surface area contributed by atoms with Gasteiger partial charge in [-0.15, -0.1) is 0 Å². The molecule has 7 heteroatoms. The van der Waals surface area contributed by atoms with E-state index < -0.39 is 0 Å². The summed E-state index contributed by atoms with van der Waals surface area (Å²) in [6, 6.07) is 4.68. The number of carbonyl (C=O) groups is 1. The summed E-state index contributed by atoms with van der Waals surface area (Å²) >= 11 is 5.72. The van der Waals surface area contributed by atoms with Crippen molar-refractivity contribution >= 4 is 23.5 Å². The molecule has 0 unspecified atom stereocenters. The van der Waals surface area contributed by atoms with Crippen molar-refractivity contribution in [1.82, 2.24) is 15.0 Å². The van der Waals surface area contributed by atoms with E-state index in [4.69, 9.17) is 16.3 Å². The summed E-state index contributed by atoms with van der Waals surface area (Å²) < 4.78 is 5.01. The molecule has 2 rings (SSSR count). The highest BCUT2D eigenvalue weighted by atomic mass is 35.5. The third-order valence-electron chi connectivity index (χ3n) is 2.25. The molecule has 0 aliphatic rings. The van der Waals surface area contributed by atoms with E-state index in [1.807, 2.05) is 0 Å². The maximum Gasteiger partial charge on any atom is 0.258 e. The number of nitrogens with zero attached hydrogens (tertiary/aromatic N) is 3. The van der Waals surface area contributed by atoms with E-state index in [1.54, 1.807) is 19.1 Å². The Morgan fingerprint density at radius 2 is 2.16 bits per heavy atom. The number of ether oxygens (including phenoxy) is 1. The minimum absolute atomic E-state index is 0.176. The predicted molar refractivity (Wildman–Crippen MR) is 70.5 cm³/mol. The monoisotopic (exact) mass is 278 g/mol. The van der Waals surface area contributed by atoms with Gasteiger partial charge in [0.1, 0.15) is 5.15 Å². The Labute approximate surface area is 114 Å². The van der Waals surface area contributed by atoms with Crippen LogP contribution >= 0.6 is 11.6 Å². The maximum atomic E-state index is 12.0. The van der Waals surface area contributed by atoms with E-state index in [1.165, 1.54) is 19.4 Å². The van der Waals surface area contributed by atoms with E-state index in [0.717, 1.165) is 0 Å². The van der Waals surface area contributed by atoms with Crippen molar-refractivity contribution in [2.75, 3.05) is 12.4 Å². The summed E-state index contributed by atoms with van der Waals surface area (Å²) in [6.45, 7) is 1.78. The number of pyridine rings is 1. The number of hydrogen-bond donors (Lipinski definition) is 1. The topological polar surface area (TPSA) is 77.0 Å². The first kappa shape index (κ1) is 13.2. The van der Waals surface area contributed by atoms with E-state index in [-0.39, 0.29) is 17.0 Å². The van der Waals surface area contributed by atoms with Crippen LogP contribution in [0, 0.1) is 6.92 Å². The quantitative estimate of drug-likeness (QED) is 0.870. The molecule has 2 aromatic heterocycles. The van der Waals surface area contributed by atoms with Crippen molar-refractivity contribution in [3.8, 4) is 5.88 Å². The molecule has 2 heterocycles. The molecule has 0 aliphatic carbocycles. The number of methoxy groups -OCH3 is 1. The fourth-order valence-electron chi connectivity index (χ4n) is 1.42. The Balaban J connectivity index is 2.21. The number of aryl methyl sites for hydroxylation is 1. The lowest BCUT2D eigenvalue weighted by molar-refractivity contribution is 0.102. The lowest BCUT2D eigenvalue weighted by Gasteiger charge is -2.06. The van der Waals surface area contributed by atoms with E-state index in [0.29, 0.717) is 17.1 Å². The van der Waals surface area contributed by atoms with Crippen LogP contribution in [0.25, 0.3) is 0 Å². The molecule has 0 aliphatic heterocycles. The highest BCUT2D eigenvalue weighted by Gasteiger charge is 2.10. The minimum atomic E-state index is -0.364. The average molecular weight is 279 g/mol. The van der Waals surface area contributed by atoms with Crippen LogP contribution in [0.1, 0.15) is 16.1 Å². The van der Waals surface area contributed by atoms with Crippen LogP contribution in [-0.4, -0.2) is 28.0 Å². The first-order chi connectivity index (χ1) is 9.08. The molecule has 1 amide bonds. The van der Waals surface area contributed by atoms with Gasteiger partial charge in [0.25, 0.3) is 5.91 Å². The summed E-state index contributed by atoms with van der Waals surface area (Å²) in [4.78, 5) is 23.9. The van der Waals surface area contributed by atoms with Gasteiger partial charge in [-0.3, -0.25) is 10.1 Å². The molecule has 0 spiro atoms. The van der Waals surface area contributed by atoms with Crippen LogP contribution < -0.4 is 10.1 Å². The maximum absolute atomic E-state index is 12.0. The molecule has 0 radical (unpaired) electrons. The zero-order valence-electron chi connectivity index (χ0n) is 10.3. The molecule has 98 valence electrons. The molecule has 1 N–H and O–H groups in total. The van der Waals surface area contributed by atoms with Crippen LogP contribution in [0.4, 0.5) is 5.95 Å². The van der Waals surface area contributed by atoms with Crippen LogP contribution in [0.5, 0.6) is 5.88 Å². The van der Waals surface area contributed by atoms with Gasteiger partial charge in [-0.25, -0.2) is 9.97 Å². The molecule has 0 bridgehead atoms. The van der Waals surface area contributed by atoms with Crippen LogP contribution in [-0.2, 0) is 0 Å². The summed E-state index contributed by atoms with van der Waals surface area (Å²) in [5.41, 5.74) is 1.07. The van der Waals surface area contributed by atoms with Gasteiger partial charge in [-0.1, -0.05) is 11.6 Å². The first-order valence-electron chi connectivity index (χ1n) is 5.41. The number of amides is 1. The van der Waals surface area contributed by atoms with Gasteiger partial charge in [0.2, 0.25) is 11.8 Å². The minimum Gasteiger partial charge on any atom is -0.481 e. The third kappa shape index (κ3) is 3.38. The van der Waals surface area contributed by atoms with Gasteiger partial charge in [0, 0.05) is 23.5 Å². The molecule has 0 saturated carbocycles. The fraction of sp³-hybridized carbons (Fsp3) is 0.167. The van der Waals surface area contributed by atoms with Crippen molar-refractivity contribution < 1.29 is 9.53 Å². The summed E-state index contributed by atoms with van der Waals surface area (Å²) in [7, 11) is 1.50. The van der Waals surface area contributed by atoms with Crippen LogP contribution in [0.3, 0.4) is 0 Å². The van der Waals surface area contributed by atoms with Crippen LogP contribution in [0.2, 0.25) is 5.15 Å². The normalized spacial score (nSPS) is 10.1. The van der Waals surface area contributed by atoms with Crippen molar-refractivity contribution in [2.45, 2.75) is 6.92 Å². The number of halogens is 1. The Morgan fingerprint density at radius 3 is 2.84 bits per heavy atom. The molecule has 0 aromatic carbocycles. The molecule has 6 nitrogen and oxygen atoms in total. The lowest BCUT2D eigenvalue weighted by atomic mass is 10.2. The van der Waals surface area contributed by atoms with Gasteiger partial charge in [0.15, 0.2) is 0 Å². The van der Waals surface area contributed by atoms with Gasteiger partial charge in [0.05, 0.1) is 7.11 Å². The van der Waals surface area contributed by atoms with Crippen molar-refractivity contribution in [1.29, 1.82) is 0 Å². The Bertz CT molecular complexity index is 618. The van der Waals surface area contributed by atoms with Crippen molar-refractivity contribution in [3.63, 3.8) is 0 Å². The second-order valence-electron chi connectivity index (χ2n) is 3.70. The molecule has 0 fully saturated rings. The fourth-order valence-corrected chi connectivity index (χ4v) is 1.59. The zero-order valence-corrected chi connectivity index (χ0v) is 11.1. The van der Waals surface area contributed by atoms with E-state index in [9.17, 15) is 4.79 Å². The van der Waals surface area contributed by atoms with Crippen molar-refractivity contribution in [2.24, 2.45) is 0 Å². The van der Waals surface area contributed by atoms with Gasteiger partial charge in [-0.05, 0) is 19.1 Å². The highest BCUT2D eigenvalue weighted by molar-refractivity contribution is 6.29. The average Bonchev–Trinajstić information content (AvgIpc) is 2.38. The number of nitrogens with one attached hydrogen (secondary N) is 1. The molecular weight excluding hydrogens is 268 g/mol. The van der Waals surface area contributed by atoms with E-state index >= 15 is 0 Å². The van der Waals surface area contributed by atoms with E-state index in [2.05, 4.69) is 20.3 Å². The molecular formula is C12H11ClN4O2. The Morgan fingerprint density at radius 1 is 1.37 bits per heavy atom. The number of carbonyl (C=O) groups excluding carboxylic acids is 1. The van der Waals surface area contributed by atoms with Crippen molar-refractivity contribution in [3.05, 3.63) is 40.8 Å². The number of rotatable bonds is 3. The smallest absolute Gasteiger partial charge is 0.258 e. The molecule has 0 saturated heterocycles. The molecule has 19 heavy (non-hydrogen) atoms.